The number of likely N-dealkylation sites (tertiary alicyclic amines) is 1. The Morgan fingerprint density at radius 1 is 1.30 bits per heavy atom. The lowest BCUT2D eigenvalue weighted by atomic mass is 9.88. The number of carbonyl (C=O) groups is 1. The number of halogens is 2. The van der Waals surface area contributed by atoms with Crippen molar-refractivity contribution in [2.24, 2.45) is 10.9 Å². The molecule has 1 saturated carbocycles. The first-order chi connectivity index (χ1) is 14.1. The number of carbonyl (C=O) groups excluding carboxylic acids is 1. The van der Waals surface area contributed by atoms with Crippen molar-refractivity contribution < 1.29 is 9.18 Å². The highest BCUT2D eigenvalue weighted by Crippen LogP contribution is 2.26. The number of rotatable bonds is 5. The van der Waals surface area contributed by atoms with Crippen molar-refractivity contribution in [3.05, 3.63) is 35.1 Å². The number of hydrogen-bond acceptors (Lipinski definition) is 3. The number of hydrogen-bond donors (Lipinski definition) is 2. The Morgan fingerprint density at radius 3 is 2.73 bits per heavy atom. The normalized spacial score (nSPS) is 19.7. The lowest BCUT2D eigenvalue weighted by Gasteiger charge is -2.26. The molecule has 2 N–H and O–H groups in total. The van der Waals surface area contributed by atoms with E-state index in [1.165, 1.54) is 12.5 Å². The number of benzene rings is 1. The fraction of sp³-hybridized carbons (Fsp3) is 0.591. The van der Waals surface area contributed by atoms with Gasteiger partial charge in [-0.1, -0.05) is 25.3 Å². The van der Waals surface area contributed by atoms with Gasteiger partial charge >= 0.3 is 0 Å². The Labute approximate surface area is 195 Å². The van der Waals surface area contributed by atoms with Gasteiger partial charge in [0.25, 0.3) is 0 Å². The van der Waals surface area contributed by atoms with Crippen molar-refractivity contribution in [1.29, 1.82) is 5.26 Å². The first-order valence-corrected chi connectivity index (χ1v) is 10.6. The summed E-state index contributed by atoms with van der Waals surface area (Å²) < 4.78 is 14.1. The molecule has 1 heterocycles. The third kappa shape index (κ3) is 6.56. The quantitative estimate of drug-likeness (QED) is 0.349. The van der Waals surface area contributed by atoms with Crippen LogP contribution in [0.3, 0.4) is 0 Å². The van der Waals surface area contributed by atoms with Crippen LogP contribution in [0.15, 0.2) is 23.2 Å². The largest absolute Gasteiger partial charge is 0.357 e. The predicted octanol–water partition coefficient (Wildman–Crippen LogP) is 3.55. The van der Waals surface area contributed by atoms with Gasteiger partial charge in [0.2, 0.25) is 5.91 Å². The topological polar surface area (TPSA) is 80.5 Å². The van der Waals surface area contributed by atoms with Crippen LogP contribution in [0.1, 0.15) is 56.6 Å². The average Bonchev–Trinajstić information content (AvgIpc) is 3.21. The Hall–Kier alpha value is -1.89. The van der Waals surface area contributed by atoms with Gasteiger partial charge in [0, 0.05) is 37.2 Å². The SMILES string of the molecule is CCNC(=NCc1ccc(C#N)cc1F)NC1CCN(C(=O)C2CCCCC2)C1.I. The summed E-state index contributed by atoms with van der Waals surface area (Å²) in [5.41, 5.74) is 0.746. The molecule has 1 atom stereocenters. The summed E-state index contributed by atoms with van der Waals surface area (Å²) in [6.07, 6.45) is 6.50. The molecule has 0 bridgehead atoms. The van der Waals surface area contributed by atoms with E-state index < -0.39 is 5.82 Å². The van der Waals surface area contributed by atoms with Gasteiger partial charge in [-0.3, -0.25) is 4.79 Å². The van der Waals surface area contributed by atoms with Gasteiger partial charge in [-0.05, 0) is 38.3 Å². The molecule has 164 valence electrons. The zero-order valence-corrected chi connectivity index (χ0v) is 19.8. The molecule has 0 spiro atoms. The van der Waals surface area contributed by atoms with Crippen molar-refractivity contribution >= 4 is 35.8 Å². The molecular weight excluding hydrogens is 496 g/mol. The second-order valence-corrected chi connectivity index (χ2v) is 7.86. The van der Waals surface area contributed by atoms with Crippen LogP contribution in [0, 0.1) is 23.1 Å². The third-order valence-corrected chi connectivity index (χ3v) is 5.73. The highest BCUT2D eigenvalue weighted by atomic mass is 127. The maximum absolute atomic E-state index is 14.1. The maximum Gasteiger partial charge on any atom is 0.225 e. The molecule has 3 rings (SSSR count). The van der Waals surface area contributed by atoms with Gasteiger partial charge in [0.05, 0.1) is 18.2 Å². The second kappa shape index (κ2) is 12.1. The minimum Gasteiger partial charge on any atom is -0.357 e. The van der Waals surface area contributed by atoms with Crippen molar-refractivity contribution in [3.63, 3.8) is 0 Å². The number of nitrogens with zero attached hydrogens (tertiary/aromatic N) is 3. The average molecular weight is 527 g/mol. The summed E-state index contributed by atoms with van der Waals surface area (Å²) in [7, 11) is 0. The van der Waals surface area contributed by atoms with Gasteiger partial charge in [-0.15, -0.1) is 24.0 Å². The predicted molar refractivity (Wildman–Crippen MR) is 126 cm³/mol. The standard InChI is InChI=1S/C22H30FN5O.HI/c1-2-25-22(26-14-18-9-8-16(13-24)12-20(18)23)27-19-10-11-28(15-19)21(29)17-6-4-3-5-7-17;/h8-9,12,17,19H,2-7,10-11,14-15H2,1H3,(H2,25,26,27);1H. The van der Waals surface area contributed by atoms with Crippen LogP contribution in [-0.2, 0) is 11.3 Å². The minimum atomic E-state index is -0.422. The van der Waals surface area contributed by atoms with E-state index in [-0.39, 0.29) is 42.5 Å². The van der Waals surface area contributed by atoms with Crippen molar-refractivity contribution in [1.82, 2.24) is 15.5 Å². The van der Waals surface area contributed by atoms with Gasteiger partial charge in [0.15, 0.2) is 5.96 Å². The van der Waals surface area contributed by atoms with E-state index in [9.17, 15) is 9.18 Å². The van der Waals surface area contributed by atoms with Crippen LogP contribution < -0.4 is 10.6 Å². The molecule has 30 heavy (non-hydrogen) atoms. The fourth-order valence-electron chi connectivity index (χ4n) is 4.11. The molecule has 0 radical (unpaired) electrons. The van der Waals surface area contributed by atoms with Crippen molar-refractivity contribution in [3.8, 4) is 6.07 Å². The summed E-state index contributed by atoms with van der Waals surface area (Å²) in [6.45, 7) is 4.32. The van der Waals surface area contributed by atoms with Crippen LogP contribution in [0.2, 0.25) is 0 Å². The van der Waals surface area contributed by atoms with Gasteiger partial charge in [-0.25, -0.2) is 9.38 Å². The number of guanidine groups is 1. The number of nitrogens with one attached hydrogen (secondary N) is 2. The molecule has 1 amide bonds. The van der Waals surface area contributed by atoms with E-state index in [1.54, 1.807) is 12.1 Å². The van der Waals surface area contributed by atoms with Crippen LogP contribution >= 0.6 is 24.0 Å². The number of nitriles is 1. The minimum absolute atomic E-state index is 0. The fourth-order valence-corrected chi connectivity index (χ4v) is 4.11. The summed E-state index contributed by atoms with van der Waals surface area (Å²) in [4.78, 5) is 19.2. The lowest BCUT2D eigenvalue weighted by Crippen LogP contribution is -2.45. The maximum atomic E-state index is 14.1. The molecule has 2 aliphatic rings. The van der Waals surface area contributed by atoms with Crippen LogP contribution in [0.25, 0.3) is 0 Å². The lowest BCUT2D eigenvalue weighted by molar-refractivity contribution is -0.135. The molecule has 1 aromatic carbocycles. The van der Waals surface area contributed by atoms with Crippen LogP contribution in [0.5, 0.6) is 0 Å². The molecule has 1 unspecified atom stereocenters. The van der Waals surface area contributed by atoms with Gasteiger partial charge < -0.3 is 15.5 Å². The first kappa shape index (κ1) is 24.4. The highest BCUT2D eigenvalue weighted by Gasteiger charge is 2.31. The zero-order chi connectivity index (χ0) is 20.6. The summed E-state index contributed by atoms with van der Waals surface area (Å²) in [5, 5.41) is 15.4. The molecule has 1 saturated heterocycles. The summed E-state index contributed by atoms with van der Waals surface area (Å²) >= 11 is 0. The molecule has 1 aromatic rings. The van der Waals surface area contributed by atoms with Crippen molar-refractivity contribution in [2.45, 2.75) is 58.0 Å². The molecule has 6 nitrogen and oxygen atoms in total. The van der Waals surface area contributed by atoms with Gasteiger partial charge in [-0.2, -0.15) is 5.26 Å². The van der Waals surface area contributed by atoms with E-state index in [2.05, 4.69) is 15.6 Å². The van der Waals surface area contributed by atoms with Crippen molar-refractivity contribution in [2.75, 3.05) is 19.6 Å². The molecule has 1 aliphatic heterocycles. The summed E-state index contributed by atoms with van der Waals surface area (Å²) in [5.74, 6) is 0.696. The van der Waals surface area contributed by atoms with E-state index >= 15 is 0 Å². The Kier molecular flexibility index (Phi) is 9.82. The molecular formula is C22H31FIN5O. The molecule has 2 fully saturated rings. The van der Waals surface area contributed by atoms with E-state index in [1.807, 2.05) is 17.9 Å². The number of amides is 1. The Morgan fingerprint density at radius 2 is 2.07 bits per heavy atom. The Bertz CT molecular complexity index is 788. The van der Waals surface area contributed by atoms with Crippen LogP contribution in [0.4, 0.5) is 4.39 Å². The monoisotopic (exact) mass is 527 g/mol. The molecule has 8 heteroatoms. The second-order valence-electron chi connectivity index (χ2n) is 7.86. The van der Waals surface area contributed by atoms with E-state index in [0.29, 0.717) is 36.1 Å². The Balaban J connectivity index is 0.00000320. The first-order valence-electron chi connectivity index (χ1n) is 10.6. The summed E-state index contributed by atoms with van der Waals surface area (Å²) in [6, 6.07) is 6.51. The smallest absolute Gasteiger partial charge is 0.225 e. The van der Waals surface area contributed by atoms with E-state index in [0.717, 1.165) is 38.6 Å². The van der Waals surface area contributed by atoms with Gasteiger partial charge in [0.1, 0.15) is 5.82 Å². The number of aliphatic imine (C=N–C) groups is 1. The molecule has 0 aromatic heterocycles. The third-order valence-electron chi connectivity index (χ3n) is 5.73. The zero-order valence-electron chi connectivity index (χ0n) is 17.5. The van der Waals surface area contributed by atoms with Crippen LogP contribution in [-0.4, -0.2) is 42.4 Å². The molecule has 1 aliphatic carbocycles. The van der Waals surface area contributed by atoms with E-state index in [4.69, 9.17) is 5.26 Å². The highest BCUT2D eigenvalue weighted by molar-refractivity contribution is 14.0.